The van der Waals surface area contributed by atoms with Gasteiger partial charge < -0.3 is 24.0 Å². The lowest BCUT2D eigenvalue weighted by atomic mass is 10.0. The van der Waals surface area contributed by atoms with Crippen LogP contribution < -0.4 is 4.74 Å². The minimum absolute atomic E-state index is 0.196. The van der Waals surface area contributed by atoms with Crippen molar-refractivity contribution in [1.29, 1.82) is 0 Å². The van der Waals surface area contributed by atoms with Crippen LogP contribution in [0.5, 0.6) is 5.75 Å². The van der Waals surface area contributed by atoms with Crippen molar-refractivity contribution < 1.29 is 24.5 Å². The molecule has 39 heavy (non-hydrogen) atoms. The third kappa shape index (κ3) is 6.40. The molecular formula is C30H27N3O6. The highest BCUT2D eigenvalue weighted by Crippen LogP contribution is 2.37. The Bertz CT molecular complexity index is 1510. The van der Waals surface area contributed by atoms with Crippen LogP contribution in [0.4, 0.5) is 0 Å². The number of nitrogens with zero attached hydrogens (tertiary/aromatic N) is 3. The topological polar surface area (TPSA) is 109 Å². The van der Waals surface area contributed by atoms with Crippen molar-refractivity contribution in [2.45, 2.75) is 18.4 Å². The minimum Gasteiger partial charge on any atom is -0.491 e. The van der Waals surface area contributed by atoms with Crippen molar-refractivity contribution in [2.24, 2.45) is 0 Å². The van der Waals surface area contributed by atoms with E-state index < -0.39 is 10.9 Å². The summed E-state index contributed by atoms with van der Waals surface area (Å²) in [6.45, 7) is 1.36. The number of aromatic nitrogens is 2. The van der Waals surface area contributed by atoms with Crippen LogP contribution in [0.25, 0.3) is 21.9 Å². The van der Waals surface area contributed by atoms with Gasteiger partial charge in [0.15, 0.2) is 0 Å². The number of imidazole rings is 1. The molecule has 9 heteroatoms. The van der Waals surface area contributed by atoms with Gasteiger partial charge in [-0.3, -0.25) is 0 Å². The number of hydrogen-bond donors (Lipinski definition) is 1. The first-order chi connectivity index (χ1) is 19.0. The van der Waals surface area contributed by atoms with Crippen molar-refractivity contribution in [3.05, 3.63) is 131 Å². The minimum atomic E-state index is -1.50. The van der Waals surface area contributed by atoms with Gasteiger partial charge in [-0.05, 0) is 40.1 Å². The summed E-state index contributed by atoms with van der Waals surface area (Å²) in [6, 6.07) is 33.1. The van der Waals surface area contributed by atoms with Crippen LogP contribution in [0.15, 0.2) is 116 Å². The standard InChI is InChI=1S/C30H26N2O3.HNO3/c1-2-6-23(7-3-1)25-11-14-28(15-12-25)33-19-29-20-34-30(35-29,21-32-17-16-31-22-32)27-13-10-24-8-4-5-9-26(24)18-27;2-1(3)4/h1-18,22,29H,19-21H2;(H,2,3,4). The normalized spacial score (nSPS) is 18.3. The molecule has 1 aliphatic heterocycles. The third-order valence-corrected chi connectivity index (χ3v) is 6.40. The Labute approximate surface area is 224 Å². The van der Waals surface area contributed by atoms with Gasteiger partial charge in [0.05, 0.1) is 19.5 Å². The first kappa shape index (κ1) is 25.9. The highest BCUT2D eigenvalue weighted by atomic mass is 16.9. The molecule has 4 aromatic carbocycles. The highest BCUT2D eigenvalue weighted by Gasteiger charge is 2.44. The van der Waals surface area contributed by atoms with Crippen molar-refractivity contribution in [2.75, 3.05) is 13.2 Å². The second-order valence-corrected chi connectivity index (χ2v) is 9.04. The molecular weight excluding hydrogens is 498 g/mol. The smallest absolute Gasteiger partial charge is 0.291 e. The molecule has 0 aliphatic carbocycles. The molecule has 6 rings (SSSR count). The molecule has 5 aromatic rings. The molecule has 2 atom stereocenters. The Balaban J connectivity index is 0.000000723. The zero-order valence-electron chi connectivity index (χ0n) is 21.0. The fourth-order valence-electron chi connectivity index (χ4n) is 4.58. The molecule has 1 fully saturated rings. The van der Waals surface area contributed by atoms with Gasteiger partial charge in [-0.25, -0.2) is 4.98 Å². The zero-order chi connectivity index (χ0) is 27.1. The SMILES string of the molecule is O=[N+]([O-])O.c1ccc(-c2ccc(OCC3COC(Cn4ccnc4)(c4ccc5ccccc5c4)O3)cc2)cc1. The summed E-state index contributed by atoms with van der Waals surface area (Å²) in [5.41, 5.74) is 3.33. The average molecular weight is 526 g/mol. The maximum Gasteiger partial charge on any atom is 0.291 e. The van der Waals surface area contributed by atoms with E-state index in [-0.39, 0.29) is 6.10 Å². The third-order valence-electron chi connectivity index (χ3n) is 6.40. The number of rotatable bonds is 7. The summed E-state index contributed by atoms with van der Waals surface area (Å²) in [4.78, 5) is 12.6. The summed E-state index contributed by atoms with van der Waals surface area (Å²) < 4.78 is 21.0. The largest absolute Gasteiger partial charge is 0.491 e. The Morgan fingerprint density at radius 1 is 0.974 bits per heavy atom. The summed E-state index contributed by atoms with van der Waals surface area (Å²) in [5, 5.41) is 16.0. The van der Waals surface area contributed by atoms with Crippen molar-refractivity contribution in [3.8, 4) is 16.9 Å². The van der Waals surface area contributed by atoms with Gasteiger partial charge >= 0.3 is 0 Å². The molecule has 1 N–H and O–H groups in total. The molecule has 1 aromatic heterocycles. The molecule has 2 heterocycles. The van der Waals surface area contributed by atoms with E-state index in [9.17, 15) is 0 Å². The van der Waals surface area contributed by atoms with E-state index in [1.807, 2.05) is 53.2 Å². The van der Waals surface area contributed by atoms with Crippen molar-refractivity contribution in [1.82, 2.24) is 9.55 Å². The Morgan fingerprint density at radius 3 is 2.38 bits per heavy atom. The second kappa shape index (κ2) is 11.8. The number of hydrogen-bond acceptors (Lipinski definition) is 6. The van der Waals surface area contributed by atoms with E-state index in [4.69, 9.17) is 29.5 Å². The Hall–Kier alpha value is -4.73. The van der Waals surface area contributed by atoms with Crippen molar-refractivity contribution >= 4 is 10.8 Å². The molecule has 2 unspecified atom stereocenters. The van der Waals surface area contributed by atoms with Gasteiger partial charge in [0, 0.05) is 18.0 Å². The van der Waals surface area contributed by atoms with Gasteiger partial charge in [-0.1, -0.05) is 78.9 Å². The van der Waals surface area contributed by atoms with Crippen LogP contribution >= 0.6 is 0 Å². The van der Waals surface area contributed by atoms with Crippen LogP contribution in [-0.2, 0) is 21.8 Å². The molecule has 0 radical (unpaired) electrons. The molecule has 198 valence electrons. The van der Waals surface area contributed by atoms with E-state index in [0.717, 1.165) is 22.3 Å². The van der Waals surface area contributed by atoms with Crippen LogP contribution in [0.2, 0.25) is 0 Å². The highest BCUT2D eigenvalue weighted by molar-refractivity contribution is 5.83. The lowest BCUT2D eigenvalue weighted by molar-refractivity contribution is -0.742. The van der Waals surface area contributed by atoms with Gasteiger partial charge in [0.2, 0.25) is 5.79 Å². The Morgan fingerprint density at radius 2 is 1.67 bits per heavy atom. The van der Waals surface area contributed by atoms with Crippen LogP contribution in [0.3, 0.4) is 0 Å². The molecule has 1 saturated heterocycles. The number of ether oxygens (including phenoxy) is 3. The Kier molecular flexibility index (Phi) is 7.81. The second-order valence-electron chi connectivity index (χ2n) is 9.04. The van der Waals surface area contributed by atoms with E-state index in [1.54, 1.807) is 12.5 Å². The first-order valence-electron chi connectivity index (χ1n) is 12.4. The lowest BCUT2D eigenvalue weighted by Crippen LogP contribution is -2.34. The quantitative estimate of drug-likeness (QED) is 0.214. The van der Waals surface area contributed by atoms with Crippen LogP contribution in [0, 0.1) is 10.1 Å². The monoisotopic (exact) mass is 525 g/mol. The molecule has 1 aliphatic rings. The summed E-state index contributed by atoms with van der Waals surface area (Å²) in [7, 11) is 0. The summed E-state index contributed by atoms with van der Waals surface area (Å²) in [5.74, 6) is -0.0956. The molecule has 0 amide bonds. The van der Waals surface area contributed by atoms with E-state index in [2.05, 4.69) is 59.6 Å². The predicted octanol–water partition coefficient (Wildman–Crippen LogP) is 5.70. The fraction of sp³-hybridized carbons (Fsp3) is 0.167. The van der Waals surface area contributed by atoms with Crippen LogP contribution in [-0.4, -0.2) is 39.2 Å². The van der Waals surface area contributed by atoms with E-state index >= 15 is 0 Å². The summed E-state index contributed by atoms with van der Waals surface area (Å²) in [6.07, 6.45) is 5.28. The van der Waals surface area contributed by atoms with Crippen LogP contribution in [0.1, 0.15) is 5.56 Å². The number of benzene rings is 4. The maximum absolute atomic E-state index is 8.36. The fourth-order valence-corrected chi connectivity index (χ4v) is 4.58. The van der Waals surface area contributed by atoms with Gasteiger partial charge in [-0.15, -0.1) is 10.1 Å². The molecule has 0 spiro atoms. The van der Waals surface area contributed by atoms with E-state index in [1.165, 1.54) is 10.9 Å². The molecule has 0 saturated carbocycles. The van der Waals surface area contributed by atoms with Crippen molar-refractivity contribution in [3.63, 3.8) is 0 Å². The number of fused-ring (bicyclic) bond motifs is 1. The lowest BCUT2D eigenvalue weighted by Gasteiger charge is -2.29. The summed E-state index contributed by atoms with van der Waals surface area (Å²) >= 11 is 0. The van der Waals surface area contributed by atoms with Gasteiger partial charge in [-0.2, -0.15) is 0 Å². The van der Waals surface area contributed by atoms with Gasteiger partial charge in [0.1, 0.15) is 18.5 Å². The predicted molar refractivity (Wildman–Crippen MR) is 145 cm³/mol. The molecule has 9 nitrogen and oxygen atoms in total. The van der Waals surface area contributed by atoms with Gasteiger partial charge in [0.25, 0.3) is 5.09 Å². The van der Waals surface area contributed by atoms with E-state index in [0.29, 0.717) is 19.8 Å². The zero-order valence-corrected chi connectivity index (χ0v) is 21.0. The maximum atomic E-state index is 8.36. The average Bonchev–Trinajstić information content (AvgIpc) is 3.63. The first-order valence-corrected chi connectivity index (χ1v) is 12.4. The molecule has 0 bridgehead atoms.